The Labute approximate surface area is 136 Å². The van der Waals surface area contributed by atoms with E-state index in [1.807, 2.05) is 32.0 Å². The molecular weight excluding hydrogens is 296 g/mol. The second kappa shape index (κ2) is 8.89. The summed E-state index contributed by atoms with van der Waals surface area (Å²) in [4.78, 5) is 34.9. The van der Waals surface area contributed by atoms with Crippen molar-refractivity contribution >= 4 is 23.4 Å². The van der Waals surface area contributed by atoms with Crippen LogP contribution in [0.2, 0.25) is 0 Å². The molecule has 23 heavy (non-hydrogen) atoms. The van der Waals surface area contributed by atoms with Crippen LogP contribution >= 0.6 is 0 Å². The molecule has 0 aliphatic carbocycles. The van der Waals surface area contributed by atoms with Crippen LogP contribution in [-0.4, -0.2) is 43.9 Å². The minimum atomic E-state index is -0.569. The lowest BCUT2D eigenvalue weighted by atomic mass is 10.1. The average Bonchev–Trinajstić information content (AvgIpc) is 2.53. The second-order valence-electron chi connectivity index (χ2n) is 5.31. The fourth-order valence-electron chi connectivity index (χ4n) is 1.94. The van der Waals surface area contributed by atoms with Gasteiger partial charge in [0.05, 0.1) is 19.1 Å². The maximum Gasteiger partial charge on any atom is 0.243 e. The molecule has 0 aliphatic rings. The lowest BCUT2D eigenvalue weighted by Crippen LogP contribution is -2.47. The lowest BCUT2D eigenvalue weighted by Gasteiger charge is -2.14. The number of aryl methyl sites for hydroxylation is 2. The lowest BCUT2D eigenvalue weighted by molar-refractivity contribution is -0.125. The van der Waals surface area contributed by atoms with Gasteiger partial charge in [-0.1, -0.05) is 18.2 Å². The van der Waals surface area contributed by atoms with Gasteiger partial charge in [0, 0.05) is 12.7 Å². The van der Waals surface area contributed by atoms with Crippen LogP contribution in [0.5, 0.6) is 0 Å². The van der Waals surface area contributed by atoms with E-state index in [-0.39, 0.29) is 30.8 Å². The van der Waals surface area contributed by atoms with E-state index in [0.29, 0.717) is 0 Å². The number of nitrogens with one attached hydrogen (secondary N) is 4. The van der Waals surface area contributed by atoms with Crippen molar-refractivity contribution in [1.29, 1.82) is 0 Å². The Kier molecular flexibility index (Phi) is 7.21. The summed E-state index contributed by atoms with van der Waals surface area (Å²) in [5.41, 5.74) is 2.69. The monoisotopic (exact) mass is 320 g/mol. The first kappa shape index (κ1) is 18.6. The zero-order valence-electron chi connectivity index (χ0n) is 13.9. The molecule has 0 radical (unpaired) electrons. The summed E-state index contributed by atoms with van der Waals surface area (Å²) < 4.78 is 0. The Morgan fingerprint density at radius 1 is 1.04 bits per heavy atom. The number of anilines is 1. The van der Waals surface area contributed by atoms with Crippen molar-refractivity contribution in [2.45, 2.75) is 26.8 Å². The maximum atomic E-state index is 11.9. The van der Waals surface area contributed by atoms with E-state index in [4.69, 9.17) is 0 Å². The van der Waals surface area contributed by atoms with Crippen molar-refractivity contribution in [3.8, 4) is 0 Å². The number of benzene rings is 1. The molecule has 0 saturated carbocycles. The van der Waals surface area contributed by atoms with Crippen LogP contribution in [0.1, 0.15) is 18.1 Å². The van der Waals surface area contributed by atoms with Crippen LogP contribution in [0.25, 0.3) is 0 Å². The van der Waals surface area contributed by atoms with Gasteiger partial charge in [0.15, 0.2) is 0 Å². The molecule has 0 unspecified atom stereocenters. The highest BCUT2D eigenvalue weighted by molar-refractivity contribution is 5.96. The summed E-state index contributed by atoms with van der Waals surface area (Å²) in [6.45, 7) is 5.36. The van der Waals surface area contributed by atoms with Gasteiger partial charge >= 0.3 is 0 Å². The largest absolute Gasteiger partial charge is 0.358 e. The molecule has 126 valence electrons. The van der Waals surface area contributed by atoms with E-state index in [1.54, 1.807) is 6.92 Å². The topological polar surface area (TPSA) is 99.3 Å². The van der Waals surface area contributed by atoms with Gasteiger partial charge in [0.25, 0.3) is 0 Å². The van der Waals surface area contributed by atoms with Crippen molar-refractivity contribution in [3.63, 3.8) is 0 Å². The number of rotatable bonds is 7. The van der Waals surface area contributed by atoms with E-state index >= 15 is 0 Å². The predicted molar refractivity (Wildman–Crippen MR) is 89.1 cm³/mol. The van der Waals surface area contributed by atoms with Gasteiger partial charge in [-0.2, -0.15) is 0 Å². The molecule has 3 amide bonds. The first-order valence-electron chi connectivity index (χ1n) is 7.43. The van der Waals surface area contributed by atoms with E-state index in [0.717, 1.165) is 16.8 Å². The molecule has 0 saturated heterocycles. The third-order valence-corrected chi connectivity index (χ3v) is 3.41. The van der Waals surface area contributed by atoms with Crippen LogP contribution in [0.4, 0.5) is 5.69 Å². The van der Waals surface area contributed by atoms with Crippen molar-refractivity contribution in [2.24, 2.45) is 0 Å². The summed E-state index contributed by atoms with van der Waals surface area (Å²) in [7, 11) is 1.52. The number of carbonyl (C=O) groups is 3. The number of para-hydroxylation sites is 1. The quantitative estimate of drug-likeness (QED) is 0.572. The molecular formula is C16H24N4O3. The van der Waals surface area contributed by atoms with Gasteiger partial charge in [0.2, 0.25) is 17.7 Å². The molecule has 1 rings (SSSR count). The zero-order chi connectivity index (χ0) is 17.4. The third kappa shape index (κ3) is 6.07. The molecule has 7 nitrogen and oxygen atoms in total. The molecule has 1 aromatic carbocycles. The second-order valence-corrected chi connectivity index (χ2v) is 5.31. The number of hydrogen-bond donors (Lipinski definition) is 4. The van der Waals surface area contributed by atoms with Gasteiger partial charge in [-0.3, -0.25) is 19.7 Å². The Balaban J connectivity index is 2.43. The van der Waals surface area contributed by atoms with Gasteiger partial charge in [-0.05, 0) is 31.9 Å². The van der Waals surface area contributed by atoms with E-state index < -0.39 is 6.04 Å². The van der Waals surface area contributed by atoms with Gasteiger partial charge in [-0.25, -0.2) is 0 Å². The van der Waals surface area contributed by atoms with Crippen molar-refractivity contribution in [1.82, 2.24) is 16.0 Å². The molecule has 0 bridgehead atoms. The highest BCUT2D eigenvalue weighted by Crippen LogP contribution is 2.18. The molecule has 7 heteroatoms. The standard InChI is InChI=1S/C16H24N4O3/c1-10-6-5-7-11(2)15(10)20-14(22)9-19-16(23)12(3)18-8-13(21)17-4/h5-7,12,18H,8-9H2,1-4H3,(H,17,21)(H,19,23)(H,20,22)/t12-/m0/s1. The molecule has 0 aliphatic heterocycles. The molecule has 0 heterocycles. The van der Waals surface area contributed by atoms with Crippen LogP contribution in [0.15, 0.2) is 18.2 Å². The highest BCUT2D eigenvalue weighted by Gasteiger charge is 2.15. The molecule has 0 spiro atoms. The van der Waals surface area contributed by atoms with E-state index in [9.17, 15) is 14.4 Å². The van der Waals surface area contributed by atoms with Crippen molar-refractivity contribution in [3.05, 3.63) is 29.3 Å². The highest BCUT2D eigenvalue weighted by atomic mass is 16.2. The maximum absolute atomic E-state index is 11.9. The van der Waals surface area contributed by atoms with Crippen LogP contribution in [0, 0.1) is 13.8 Å². The Hall–Kier alpha value is -2.41. The summed E-state index contributed by atoms with van der Waals surface area (Å²) >= 11 is 0. The van der Waals surface area contributed by atoms with Crippen molar-refractivity contribution < 1.29 is 14.4 Å². The predicted octanol–water partition coefficient (Wildman–Crippen LogP) is 0.0822. The summed E-state index contributed by atoms with van der Waals surface area (Å²) in [6, 6.07) is 5.17. The van der Waals surface area contributed by atoms with Gasteiger partial charge < -0.3 is 16.0 Å². The fourth-order valence-corrected chi connectivity index (χ4v) is 1.94. The first-order valence-corrected chi connectivity index (χ1v) is 7.43. The molecule has 0 fully saturated rings. The van der Waals surface area contributed by atoms with E-state index in [1.165, 1.54) is 7.05 Å². The average molecular weight is 320 g/mol. The Morgan fingerprint density at radius 2 is 1.65 bits per heavy atom. The molecule has 1 atom stereocenters. The van der Waals surface area contributed by atoms with Crippen LogP contribution in [-0.2, 0) is 14.4 Å². The van der Waals surface area contributed by atoms with Crippen molar-refractivity contribution in [2.75, 3.05) is 25.5 Å². The summed E-state index contributed by atoms with van der Waals surface area (Å²) in [5, 5.41) is 10.6. The van der Waals surface area contributed by atoms with Gasteiger partial charge in [0.1, 0.15) is 0 Å². The Bertz CT molecular complexity index is 566. The summed E-state index contributed by atoms with van der Waals surface area (Å²) in [5.74, 6) is -0.850. The van der Waals surface area contributed by atoms with Crippen LogP contribution in [0.3, 0.4) is 0 Å². The number of amides is 3. The summed E-state index contributed by atoms with van der Waals surface area (Å²) in [6.07, 6.45) is 0. The van der Waals surface area contributed by atoms with Crippen LogP contribution < -0.4 is 21.3 Å². The smallest absolute Gasteiger partial charge is 0.243 e. The minimum Gasteiger partial charge on any atom is -0.358 e. The normalized spacial score (nSPS) is 11.5. The molecule has 1 aromatic rings. The molecule has 4 N–H and O–H groups in total. The number of likely N-dealkylation sites (N-methyl/N-ethyl adjacent to an activating group) is 1. The number of carbonyl (C=O) groups excluding carboxylic acids is 3. The Morgan fingerprint density at radius 3 is 2.22 bits per heavy atom. The third-order valence-electron chi connectivity index (χ3n) is 3.41. The zero-order valence-corrected chi connectivity index (χ0v) is 13.9. The first-order chi connectivity index (χ1) is 10.8. The SMILES string of the molecule is CNC(=O)CN[C@@H](C)C(=O)NCC(=O)Nc1c(C)cccc1C. The molecule has 0 aromatic heterocycles. The van der Waals surface area contributed by atoms with Gasteiger partial charge in [-0.15, -0.1) is 0 Å². The fraction of sp³-hybridized carbons (Fsp3) is 0.438. The van der Waals surface area contributed by atoms with E-state index in [2.05, 4.69) is 21.3 Å². The number of hydrogen-bond acceptors (Lipinski definition) is 4. The minimum absolute atomic E-state index is 0.0414.